The molecule has 3 aromatic rings. The minimum Gasteiger partial charge on any atom is -0.480 e. The molecule has 43 heavy (non-hydrogen) atoms. The molecular weight excluding hydrogens is 550 g/mol. The van der Waals surface area contributed by atoms with Crippen LogP contribution in [-0.2, 0) is 27.2 Å². The van der Waals surface area contributed by atoms with Crippen molar-refractivity contribution in [3.63, 3.8) is 0 Å². The minimum atomic E-state index is -1.24. The lowest BCUT2D eigenvalue weighted by Crippen LogP contribution is -2.60. The number of para-hydroxylation sites is 1. The number of amides is 4. The number of carboxylic acid groups (broad SMARTS) is 1. The van der Waals surface area contributed by atoms with E-state index in [-0.39, 0.29) is 36.9 Å². The first-order valence-corrected chi connectivity index (χ1v) is 15.1. The largest absolute Gasteiger partial charge is 0.480 e. The van der Waals surface area contributed by atoms with E-state index in [2.05, 4.69) is 30.9 Å². The summed E-state index contributed by atoms with van der Waals surface area (Å²) >= 11 is 0. The molecular formula is C31H41N7O5. The molecule has 1 aliphatic heterocycles. The first kappa shape index (κ1) is 30.1. The van der Waals surface area contributed by atoms with Gasteiger partial charge in [0.05, 0.1) is 6.33 Å². The van der Waals surface area contributed by atoms with Crippen LogP contribution in [0.5, 0.6) is 0 Å². The third kappa shape index (κ3) is 7.00. The lowest BCUT2D eigenvalue weighted by Gasteiger charge is -2.39. The van der Waals surface area contributed by atoms with Gasteiger partial charge in [0.25, 0.3) is 0 Å². The van der Waals surface area contributed by atoms with Crippen molar-refractivity contribution in [1.29, 1.82) is 0 Å². The number of urea groups is 1. The van der Waals surface area contributed by atoms with Gasteiger partial charge in [0.2, 0.25) is 11.8 Å². The fourth-order valence-electron chi connectivity index (χ4n) is 6.22. The van der Waals surface area contributed by atoms with Crippen LogP contribution in [0, 0.1) is 12.8 Å². The molecule has 230 valence electrons. The molecule has 12 nitrogen and oxygen atoms in total. The van der Waals surface area contributed by atoms with Crippen LogP contribution in [0.25, 0.3) is 10.9 Å². The molecule has 0 spiro atoms. The molecule has 6 N–H and O–H groups in total. The van der Waals surface area contributed by atoms with Crippen LogP contribution in [0.4, 0.5) is 4.79 Å². The molecule has 2 aliphatic rings. The second kappa shape index (κ2) is 12.9. The highest BCUT2D eigenvalue weighted by Gasteiger charge is 2.41. The molecule has 0 bridgehead atoms. The van der Waals surface area contributed by atoms with E-state index in [0.29, 0.717) is 5.69 Å². The number of aromatic nitrogens is 3. The number of nitrogens with zero attached hydrogens (tertiary/aromatic N) is 2. The number of fused-ring (bicyclic) bond motifs is 1. The zero-order valence-electron chi connectivity index (χ0n) is 24.9. The van der Waals surface area contributed by atoms with Gasteiger partial charge in [-0.25, -0.2) is 14.6 Å². The topological polar surface area (TPSA) is 172 Å². The summed E-state index contributed by atoms with van der Waals surface area (Å²) in [4.78, 5) is 65.0. The molecule has 3 heterocycles. The summed E-state index contributed by atoms with van der Waals surface area (Å²) in [5.74, 6) is -2.30. The van der Waals surface area contributed by atoms with Crippen LogP contribution in [0.2, 0.25) is 0 Å². The lowest BCUT2D eigenvalue weighted by molar-refractivity contribution is -0.142. The number of likely N-dealkylation sites (tertiary alicyclic amines) is 1. The Morgan fingerprint density at radius 1 is 0.977 bits per heavy atom. The minimum absolute atomic E-state index is 0.000806. The first-order valence-electron chi connectivity index (χ1n) is 15.1. The van der Waals surface area contributed by atoms with Crippen LogP contribution in [0.3, 0.4) is 0 Å². The van der Waals surface area contributed by atoms with Crippen molar-refractivity contribution in [2.45, 2.75) is 95.9 Å². The fraction of sp³-hybridized carbons (Fsp3) is 0.516. The second-order valence-electron chi connectivity index (χ2n) is 12.0. The summed E-state index contributed by atoms with van der Waals surface area (Å²) in [6.45, 7) is 5.94. The van der Waals surface area contributed by atoms with Crippen LogP contribution in [-0.4, -0.2) is 79.0 Å². The molecule has 4 amide bonds. The van der Waals surface area contributed by atoms with E-state index >= 15 is 0 Å². The number of hydrogen-bond donors (Lipinski definition) is 6. The highest BCUT2D eigenvalue weighted by Crippen LogP contribution is 2.33. The van der Waals surface area contributed by atoms with Gasteiger partial charge >= 0.3 is 12.0 Å². The van der Waals surface area contributed by atoms with E-state index in [1.54, 1.807) is 0 Å². The van der Waals surface area contributed by atoms with Gasteiger partial charge in [0, 0.05) is 53.4 Å². The second-order valence-corrected chi connectivity index (χ2v) is 12.0. The number of hydrogen-bond acceptors (Lipinski definition) is 5. The molecule has 2 fully saturated rings. The monoisotopic (exact) mass is 591 g/mol. The molecule has 5 rings (SSSR count). The zero-order chi connectivity index (χ0) is 30.7. The normalized spacial score (nSPS) is 20.7. The number of piperidine rings is 1. The van der Waals surface area contributed by atoms with Crippen molar-refractivity contribution in [3.8, 4) is 0 Å². The summed E-state index contributed by atoms with van der Waals surface area (Å²) < 4.78 is 0. The predicted molar refractivity (Wildman–Crippen MR) is 160 cm³/mol. The Morgan fingerprint density at radius 3 is 2.33 bits per heavy atom. The molecule has 1 aliphatic carbocycles. The Balaban J connectivity index is 1.37. The van der Waals surface area contributed by atoms with Gasteiger partial charge in [0.15, 0.2) is 0 Å². The van der Waals surface area contributed by atoms with Crippen molar-refractivity contribution in [3.05, 3.63) is 53.7 Å². The van der Waals surface area contributed by atoms with Gasteiger partial charge in [-0.3, -0.25) is 9.59 Å². The van der Waals surface area contributed by atoms with Crippen molar-refractivity contribution in [2.24, 2.45) is 5.92 Å². The highest BCUT2D eigenvalue weighted by atomic mass is 16.4. The maximum Gasteiger partial charge on any atom is 0.326 e. The molecule has 1 saturated carbocycles. The van der Waals surface area contributed by atoms with E-state index < -0.39 is 35.9 Å². The SMILES string of the molecule is Cc1[nH]c2ccccc2c1C[C@@H](NC(=O)C(NC(=O)N1[C@H](C)CCC[C@@H]1C)C1CC1)C(=O)N[C@H](Cc1cnc[nH]1)C(=O)O. The Bertz CT molecular complexity index is 1450. The van der Waals surface area contributed by atoms with E-state index in [0.717, 1.165) is 54.3 Å². The van der Waals surface area contributed by atoms with E-state index in [9.17, 15) is 24.3 Å². The van der Waals surface area contributed by atoms with Crippen molar-refractivity contribution >= 4 is 34.7 Å². The average molecular weight is 592 g/mol. The number of carboxylic acids is 1. The van der Waals surface area contributed by atoms with Crippen LogP contribution >= 0.6 is 0 Å². The predicted octanol–water partition coefficient (Wildman–Crippen LogP) is 2.79. The van der Waals surface area contributed by atoms with Gasteiger partial charge in [-0.05, 0) is 70.4 Å². The maximum absolute atomic E-state index is 13.8. The standard InChI is InChI=1S/C31H41N7O5/c1-17-7-6-8-18(2)38(17)31(43)37-27(20-11-12-20)29(40)35-25(14-23-19(3)34-24-10-5-4-9-22(23)24)28(39)36-26(30(41)42)13-21-15-32-16-33-21/h4-5,9-10,15-18,20,25-27,34H,6-8,11-14H2,1-3H3,(H,32,33)(H,35,40)(H,36,39)(H,37,43)(H,41,42)/t17-,18+,25-,26-,27?/m1/s1. The Morgan fingerprint density at radius 2 is 1.67 bits per heavy atom. The lowest BCUT2D eigenvalue weighted by atomic mass is 9.98. The third-order valence-corrected chi connectivity index (χ3v) is 8.74. The maximum atomic E-state index is 13.8. The van der Waals surface area contributed by atoms with Gasteiger partial charge in [-0.1, -0.05) is 18.2 Å². The van der Waals surface area contributed by atoms with Crippen LogP contribution < -0.4 is 16.0 Å². The molecule has 0 radical (unpaired) electrons. The quantitative estimate of drug-likeness (QED) is 0.200. The number of rotatable bonds is 11. The van der Waals surface area contributed by atoms with Crippen LogP contribution in [0.15, 0.2) is 36.8 Å². The molecule has 5 atom stereocenters. The number of carbonyl (C=O) groups excluding carboxylic acids is 3. The number of H-pyrrole nitrogens is 2. The van der Waals surface area contributed by atoms with E-state index in [1.807, 2.05) is 49.9 Å². The van der Waals surface area contributed by atoms with E-state index in [4.69, 9.17) is 0 Å². The number of carbonyl (C=O) groups is 4. The van der Waals surface area contributed by atoms with Gasteiger partial charge < -0.3 is 35.9 Å². The number of nitrogens with one attached hydrogen (secondary N) is 5. The van der Waals surface area contributed by atoms with Gasteiger partial charge in [-0.15, -0.1) is 0 Å². The summed E-state index contributed by atoms with van der Waals surface area (Å²) in [7, 11) is 0. The number of benzene rings is 1. The van der Waals surface area contributed by atoms with E-state index in [1.165, 1.54) is 12.5 Å². The number of aromatic amines is 2. The van der Waals surface area contributed by atoms with Gasteiger partial charge in [0.1, 0.15) is 18.1 Å². The Hall–Kier alpha value is -4.35. The van der Waals surface area contributed by atoms with Gasteiger partial charge in [-0.2, -0.15) is 0 Å². The number of imidazole rings is 1. The first-order chi connectivity index (χ1) is 20.6. The highest BCUT2D eigenvalue weighted by molar-refractivity contribution is 5.94. The number of aliphatic carboxylic acids is 1. The van der Waals surface area contributed by atoms with Crippen molar-refractivity contribution < 1.29 is 24.3 Å². The molecule has 1 unspecified atom stereocenters. The average Bonchev–Trinajstić information content (AvgIpc) is 3.58. The Labute approximate surface area is 250 Å². The van der Waals surface area contributed by atoms with Crippen molar-refractivity contribution in [2.75, 3.05) is 0 Å². The smallest absolute Gasteiger partial charge is 0.326 e. The summed E-state index contributed by atoms with van der Waals surface area (Å²) in [5.41, 5.74) is 3.15. The Kier molecular flexibility index (Phi) is 9.02. The van der Waals surface area contributed by atoms with Crippen LogP contribution in [0.1, 0.15) is 62.9 Å². The third-order valence-electron chi connectivity index (χ3n) is 8.74. The van der Waals surface area contributed by atoms with Crippen molar-refractivity contribution in [1.82, 2.24) is 35.8 Å². The fourth-order valence-corrected chi connectivity index (χ4v) is 6.22. The molecule has 1 saturated heterocycles. The zero-order valence-corrected chi connectivity index (χ0v) is 24.9. The summed E-state index contributed by atoms with van der Waals surface area (Å²) in [5, 5.41) is 19.3. The summed E-state index contributed by atoms with van der Waals surface area (Å²) in [6, 6.07) is 4.43. The molecule has 1 aromatic carbocycles. The summed E-state index contributed by atoms with van der Waals surface area (Å²) in [6.07, 6.45) is 7.55. The number of aryl methyl sites for hydroxylation is 1. The molecule has 12 heteroatoms. The molecule has 2 aromatic heterocycles.